The fourth-order valence-corrected chi connectivity index (χ4v) is 5.98. The Labute approximate surface area is 175 Å². The quantitative estimate of drug-likeness (QED) is 0.603. The summed E-state index contributed by atoms with van der Waals surface area (Å²) in [6, 6.07) is 14.3. The van der Waals surface area contributed by atoms with E-state index in [4.69, 9.17) is 4.42 Å². The summed E-state index contributed by atoms with van der Waals surface area (Å²) >= 11 is 0. The summed E-state index contributed by atoms with van der Waals surface area (Å²) < 4.78 is 32.7. The Morgan fingerprint density at radius 2 is 1.60 bits per heavy atom. The van der Waals surface area contributed by atoms with Crippen molar-refractivity contribution in [2.45, 2.75) is 30.7 Å². The lowest BCUT2D eigenvalue weighted by atomic mass is 10.0. The van der Waals surface area contributed by atoms with Gasteiger partial charge >= 0.3 is 5.63 Å². The van der Waals surface area contributed by atoms with Crippen molar-refractivity contribution in [2.24, 2.45) is 0 Å². The number of hydrogen-bond donors (Lipinski definition) is 0. The highest BCUT2D eigenvalue weighted by atomic mass is 32.2. The van der Waals surface area contributed by atoms with Crippen LogP contribution in [0.15, 0.2) is 62.6 Å². The summed E-state index contributed by atoms with van der Waals surface area (Å²) in [5.74, 6) is 0. The van der Waals surface area contributed by atoms with Crippen LogP contribution in [0.1, 0.15) is 23.1 Å². The van der Waals surface area contributed by atoms with Crippen molar-refractivity contribution in [3.8, 4) is 0 Å². The molecule has 0 amide bonds. The highest BCUT2D eigenvalue weighted by Crippen LogP contribution is 2.29. The van der Waals surface area contributed by atoms with Gasteiger partial charge in [0.2, 0.25) is 10.0 Å². The van der Waals surface area contributed by atoms with Gasteiger partial charge in [-0.15, -0.1) is 0 Å². The zero-order chi connectivity index (χ0) is 20.7. The summed E-state index contributed by atoms with van der Waals surface area (Å²) in [5, 5.41) is 0.995. The van der Waals surface area contributed by atoms with Gasteiger partial charge in [0, 0.05) is 44.2 Å². The normalized spacial score (nSPS) is 18.0. The van der Waals surface area contributed by atoms with Crippen LogP contribution in [0.2, 0.25) is 0 Å². The van der Waals surface area contributed by atoms with Crippen LogP contribution in [-0.2, 0) is 29.4 Å². The molecule has 6 nitrogen and oxygen atoms in total. The van der Waals surface area contributed by atoms with Crippen molar-refractivity contribution in [1.29, 1.82) is 0 Å². The molecule has 1 aliphatic carbocycles. The van der Waals surface area contributed by atoms with Gasteiger partial charge < -0.3 is 4.42 Å². The molecule has 0 atom stereocenters. The maximum absolute atomic E-state index is 12.8. The molecule has 0 bridgehead atoms. The number of fused-ring (bicyclic) bond motifs is 2. The van der Waals surface area contributed by atoms with E-state index in [-0.39, 0.29) is 5.63 Å². The average molecular weight is 425 g/mol. The third-order valence-corrected chi connectivity index (χ3v) is 8.06. The van der Waals surface area contributed by atoms with E-state index in [0.29, 0.717) is 43.2 Å². The maximum atomic E-state index is 12.8. The lowest BCUT2D eigenvalue weighted by Gasteiger charge is -2.34. The smallest absolute Gasteiger partial charge is 0.336 e. The van der Waals surface area contributed by atoms with Gasteiger partial charge in [-0.25, -0.2) is 13.2 Å². The minimum absolute atomic E-state index is 0.332. The molecule has 0 radical (unpaired) electrons. The van der Waals surface area contributed by atoms with E-state index in [9.17, 15) is 13.2 Å². The van der Waals surface area contributed by atoms with Crippen molar-refractivity contribution >= 4 is 21.0 Å². The summed E-state index contributed by atoms with van der Waals surface area (Å²) in [7, 11) is -3.46. The van der Waals surface area contributed by atoms with Crippen molar-refractivity contribution < 1.29 is 12.8 Å². The lowest BCUT2D eigenvalue weighted by Crippen LogP contribution is -2.48. The van der Waals surface area contributed by atoms with Crippen LogP contribution in [0, 0.1) is 0 Å². The summed E-state index contributed by atoms with van der Waals surface area (Å²) in [6.45, 7) is 2.73. The van der Waals surface area contributed by atoms with Gasteiger partial charge in [-0.1, -0.05) is 18.2 Å². The van der Waals surface area contributed by atoms with Gasteiger partial charge in [0.1, 0.15) is 5.58 Å². The van der Waals surface area contributed by atoms with Gasteiger partial charge in [0.15, 0.2) is 0 Å². The van der Waals surface area contributed by atoms with Crippen molar-refractivity contribution in [1.82, 2.24) is 9.21 Å². The first-order valence-electron chi connectivity index (χ1n) is 10.4. The van der Waals surface area contributed by atoms with Crippen LogP contribution in [0.5, 0.6) is 0 Å². The summed E-state index contributed by atoms with van der Waals surface area (Å²) in [5.41, 5.74) is 3.90. The molecule has 0 N–H and O–H groups in total. The number of sulfonamides is 1. The molecule has 0 spiro atoms. The summed E-state index contributed by atoms with van der Waals surface area (Å²) in [4.78, 5) is 14.7. The minimum atomic E-state index is -3.46. The second-order valence-electron chi connectivity index (χ2n) is 8.05. The largest absolute Gasteiger partial charge is 0.423 e. The molecule has 1 fully saturated rings. The van der Waals surface area contributed by atoms with Gasteiger partial charge in [-0.05, 0) is 60.2 Å². The van der Waals surface area contributed by atoms with E-state index >= 15 is 0 Å². The zero-order valence-electron chi connectivity index (χ0n) is 16.7. The van der Waals surface area contributed by atoms with E-state index in [1.165, 1.54) is 11.1 Å². The Morgan fingerprint density at radius 3 is 2.33 bits per heavy atom. The third kappa shape index (κ3) is 3.57. The van der Waals surface area contributed by atoms with Gasteiger partial charge in [0.25, 0.3) is 0 Å². The van der Waals surface area contributed by atoms with Crippen LogP contribution in [0.4, 0.5) is 0 Å². The maximum Gasteiger partial charge on any atom is 0.336 e. The van der Waals surface area contributed by atoms with Crippen LogP contribution in [0.25, 0.3) is 11.0 Å². The molecule has 2 aromatic carbocycles. The number of nitrogens with zero attached hydrogens (tertiary/aromatic N) is 2. The number of hydrogen-bond acceptors (Lipinski definition) is 5. The molecule has 2 aliphatic rings. The van der Waals surface area contributed by atoms with E-state index in [2.05, 4.69) is 11.0 Å². The van der Waals surface area contributed by atoms with Crippen molar-refractivity contribution in [3.63, 3.8) is 0 Å². The topological polar surface area (TPSA) is 70.8 Å². The van der Waals surface area contributed by atoms with Crippen LogP contribution in [-0.4, -0.2) is 43.8 Å². The lowest BCUT2D eigenvalue weighted by molar-refractivity contribution is 0.182. The van der Waals surface area contributed by atoms with Crippen LogP contribution in [0.3, 0.4) is 0 Å². The molecule has 7 heteroatoms. The molecular formula is C23H24N2O4S. The molecule has 30 heavy (non-hydrogen) atoms. The zero-order valence-corrected chi connectivity index (χ0v) is 17.5. The van der Waals surface area contributed by atoms with E-state index < -0.39 is 10.0 Å². The number of benzene rings is 2. The first-order valence-corrected chi connectivity index (χ1v) is 11.8. The van der Waals surface area contributed by atoms with Gasteiger partial charge in [-0.2, -0.15) is 4.31 Å². The fraction of sp³-hybridized carbons (Fsp3) is 0.348. The first kappa shape index (κ1) is 19.5. The standard InChI is InChI=1S/C23H24N2O4S/c26-23-15-19(21-13-17-5-4-6-18(17)14-22(21)29-23)16-24-9-11-25(12-10-24)30(27,28)20-7-2-1-3-8-20/h1-3,7-8,13-15H,4-6,9-12,16H2. The average Bonchev–Trinajstić information content (AvgIpc) is 3.21. The van der Waals surface area contributed by atoms with Crippen LogP contribution < -0.4 is 5.63 Å². The summed E-state index contributed by atoms with van der Waals surface area (Å²) in [6.07, 6.45) is 3.25. The second-order valence-corrected chi connectivity index (χ2v) is 9.99. The number of rotatable bonds is 4. The molecule has 0 saturated carbocycles. The molecule has 1 saturated heterocycles. The Morgan fingerprint density at radius 1 is 0.900 bits per heavy atom. The predicted molar refractivity (Wildman–Crippen MR) is 115 cm³/mol. The monoisotopic (exact) mass is 424 g/mol. The highest BCUT2D eigenvalue weighted by molar-refractivity contribution is 7.89. The third-order valence-electron chi connectivity index (χ3n) is 6.15. The molecule has 1 aliphatic heterocycles. The SMILES string of the molecule is O=c1cc(CN2CCN(S(=O)(=O)c3ccccc3)CC2)c2cc3c(cc2o1)CCC3. The molecule has 156 valence electrons. The molecule has 0 unspecified atom stereocenters. The Balaban J connectivity index is 1.35. The minimum Gasteiger partial charge on any atom is -0.423 e. The van der Waals surface area contributed by atoms with Crippen LogP contribution >= 0.6 is 0 Å². The molecule has 2 heterocycles. The number of aryl methyl sites for hydroxylation is 2. The van der Waals surface area contributed by atoms with Crippen molar-refractivity contribution in [3.05, 3.63) is 75.6 Å². The number of piperazine rings is 1. The molecule has 3 aromatic rings. The van der Waals surface area contributed by atoms with E-state index in [1.807, 2.05) is 12.1 Å². The van der Waals surface area contributed by atoms with E-state index in [1.54, 1.807) is 34.6 Å². The molecule has 5 rings (SSSR count). The van der Waals surface area contributed by atoms with Crippen molar-refractivity contribution in [2.75, 3.05) is 26.2 Å². The van der Waals surface area contributed by atoms with Gasteiger partial charge in [-0.3, -0.25) is 4.90 Å². The second kappa shape index (κ2) is 7.65. The highest BCUT2D eigenvalue weighted by Gasteiger charge is 2.28. The van der Waals surface area contributed by atoms with E-state index in [0.717, 1.165) is 30.2 Å². The first-order chi connectivity index (χ1) is 14.5. The Kier molecular flexibility index (Phi) is 4.97. The Hall–Kier alpha value is -2.48. The Bertz CT molecular complexity index is 1240. The molecular weight excluding hydrogens is 400 g/mol. The predicted octanol–water partition coefficient (Wildman–Crippen LogP) is 2.79. The van der Waals surface area contributed by atoms with Gasteiger partial charge in [0.05, 0.1) is 4.90 Å². The molecule has 1 aromatic heterocycles. The fourth-order valence-electron chi connectivity index (χ4n) is 4.54.